The molecule has 0 aliphatic heterocycles. The molecule has 0 N–H and O–H groups in total. The van der Waals surface area contributed by atoms with Crippen molar-refractivity contribution >= 4 is 11.6 Å². The number of hydrogen-bond donors (Lipinski definition) is 0. The summed E-state index contributed by atoms with van der Waals surface area (Å²) in [4.78, 5) is 10.3. The predicted octanol–water partition coefficient (Wildman–Crippen LogP) is 3.35. The number of aromatic nitrogens is 2. The summed E-state index contributed by atoms with van der Waals surface area (Å²) >= 11 is 5.48. The van der Waals surface area contributed by atoms with E-state index >= 15 is 0 Å². The second-order valence-electron chi connectivity index (χ2n) is 4.70. The second-order valence-corrected chi connectivity index (χ2v) is 4.97. The molecule has 0 fully saturated rings. The number of nitrogens with zero attached hydrogens (tertiary/aromatic N) is 3. The van der Waals surface area contributed by atoms with E-state index in [4.69, 9.17) is 16.3 Å². The number of methoxy groups -OCH3 is 1. The van der Waals surface area contributed by atoms with E-state index < -0.39 is 0 Å². The van der Waals surface area contributed by atoms with Gasteiger partial charge in [0.2, 0.25) is 5.88 Å². The van der Waals surface area contributed by atoms with E-state index in [1.54, 1.807) is 13.3 Å². The van der Waals surface area contributed by atoms with Crippen molar-refractivity contribution in [2.45, 2.75) is 52.6 Å². The van der Waals surface area contributed by atoms with Crippen molar-refractivity contribution in [1.82, 2.24) is 14.9 Å². The van der Waals surface area contributed by atoms with Gasteiger partial charge in [0.15, 0.2) is 0 Å². The van der Waals surface area contributed by atoms with Crippen LogP contribution < -0.4 is 4.74 Å². The molecule has 0 aliphatic carbocycles. The van der Waals surface area contributed by atoms with Crippen LogP contribution in [0.4, 0.5) is 0 Å². The topological polar surface area (TPSA) is 38.2 Å². The molecule has 0 atom stereocenters. The fourth-order valence-corrected chi connectivity index (χ4v) is 1.98. The Morgan fingerprint density at radius 3 is 1.95 bits per heavy atom. The third-order valence-electron chi connectivity index (χ3n) is 2.72. The van der Waals surface area contributed by atoms with Crippen LogP contribution in [0.5, 0.6) is 5.88 Å². The van der Waals surface area contributed by atoms with E-state index in [1.807, 2.05) is 0 Å². The van der Waals surface area contributed by atoms with Gasteiger partial charge < -0.3 is 4.74 Å². The Balaban J connectivity index is 0.000000344. The minimum atomic E-state index is 0.386. The smallest absolute Gasteiger partial charge is 0.231 e. The summed E-state index contributed by atoms with van der Waals surface area (Å²) in [5.41, 5.74) is 0.752. The van der Waals surface area contributed by atoms with Crippen LogP contribution in [0.1, 0.15) is 40.3 Å². The van der Waals surface area contributed by atoms with Gasteiger partial charge in [-0.15, -0.1) is 11.6 Å². The van der Waals surface area contributed by atoms with Gasteiger partial charge in [0.1, 0.15) is 0 Å². The molecule has 1 aromatic rings. The van der Waals surface area contributed by atoms with Crippen LogP contribution in [-0.4, -0.2) is 40.6 Å². The highest BCUT2D eigenvalue weighted by Crippen LogP contribution is 2.04. The minimum Gasteiger partial charge on any atom is -0.480 e. The van der Waals surface area contributed by atoms with Gasteiger partial charge in [0.25, 0.3) is 0 Å². The fourth-order valence-electron chi connectivity index (χ4n) is 1.84. The molecule has 0 spiro atoms. The number of ether oxygens (including phenoxy) is 1. The van der Waals surface area contributed by atoms with Crippen LogP contribution in [-0.2, 0) is 5.88 Å². The molecule has 5 heteroatoms. The van der Waals surface area contributed by atoms with Crippen molar-refractivity contribution < 1.29 is 4.74 Å². The highest BCUT2D eigenvalue weighted by Gasteiger charge is 2.08. The molecule has 110 valence electrons. The van der Waals surface area contributed by atoms with E-state index in [-0.39, 0.29) is 0 Å². The summed E-state index contributed by atoms with van der Waals surface area (Å²) in [6.45, 7) is 12.3. The Bertz CT molecular complexity index is 297. The summed E-state index contributed by atoms with van der Waals surface area (Å²) in [6.07, 6.45) is 3.13. The molecule has 0 saturated heterocycles. The quantitative estimate of drug-likeness (QED) is 0.779. The van der Waals surface area contributed by atoms with Crippen LogP contribution in [0.25, 0.3) is 0 Å². The molecule has 4 nitrogen and oxygen atoms in total. The molecule has 0 unspecified atom stereocenters. The average molecular weight is 288 g/mol. The monoisotopic (exact) mass is 287 g/mol. The second kappa shape index (κ2) is 9.98. The Morgan fingerprint density at radius 2 is 1.74 bits per heavy atom. The van der Waals surface area contributed by atoms with Gasteiger partial charge in [-0.2, -0.15) is 0 Å². The lowest BCUT2D eigenvalue weighted by molar-refractivity contribution is 0.185. The van der Waals surface area contributed by atoms with Crippen molar-refractivity contribution in [3.8, 4) is 5.88 Å². The van der Waals surface area contributed by atoms with Gasteiger partial charge in [-0.05, 0) is 34.2 Å². The molecule has 0 radical (unpaired) electrons. The molecule has 0 aliphatic rings. The maximum atomic E-state index is 5.48. The maximum Gasteiger partial charge on any atom is 0.231 e. The van der Waals surface area contributed by atoms with Crippen LogP contribution in [0.15, 0.2) is 12.4 Å². The molecule has 1 heterocycles. The summed E-state index contributed by atoms with van der Waals surface area (Å²) in [5, 5.41) is 0. The zero-order valence-electron chi connectivity index (χ0n) is 12.9. The van der Waals surface area contributed by atoms with E-state index in [1.165, 1.54) is 6.20 Å². The Labute approximate surface area is 122 Å². The van der Waals surface area contributed by atoms with Crippen molar-refractivity contribution in [2.75, 3.05) is 13.7 Å². The molecular weight excluding hydrogens is 262 g/mol. The third-order valence-corrected chi connectivity index (χ3v) is 2.99. The van der Waals surface area contributed by atoms with Gasteiger partial charge in [0.05, 0.1) is 31.1 Å². The van der Waals surface area contributed by atoms with Crippen molar-refractivity contribution in [1.29, 1.82) is 0 Å². The summed E-state index contributed by atoms with van der Waals surface area (Å²) in [7, 11) is 1.55. The summed E-state index contributed by atoms with van der Waals surface area (Å²) in [6, 6.07) is 1.38. The van der Waals surface area contributed by atoms with Gasteiger partial charge in [-0.1, -0.05) is 6.92 Å². The average Bonchev–Trinajstić information content (AvgIpc) is 2.39. The Kier molecular flexibility index (Phi) is 9.53. The van der Waals surface area contributed by atoms with Crippen LogP contribution >= 0.6 is 11.6 Å². The summed E-state index contributed by atoms with van der Waals surface area (Å²) in [5.74, 6) is 0.894. The lowest BCUT2D eigenvalue weighted by atomic mass is 10.2. The summed E-state index contributed by atoms with van der Waals surface area (Å²) < 4.78 is 4.80. The predicted molar refractivity (Wildman–Crippen MR) is 80.8 cm³/mol. The molecule has 0 amide bonds. The number of alkyl halides is 1. The number of hydrogen-bond acceptors (Lipinski definition) is 4. The van der Waals surface area contributed by atoms with Crippen LogP contribution in [0.3, 0.4) is 0 Å². The van der Waals surface area contributed by atoms with Crippen molar-refractivity contribution in [3.63, 3.8) is 0 Å². The van der Waals surface area contributed by atoms with E-state index in [2.05, 4.69) is 49.5 Å². The Hall–Kier alpha value is -0.870. The van der Waals surface area contributed by atoms with Crippen molar-refractivity contribution in [2.24, 2.45) is 0 Å². The molecule has 19 heavy (non-hydrogen) atoms. The highest BCUT2D eigenvalue weighted by molar-refractivity contribution is 6.16. The molecule has 1 rings (SSSR count). The molecule has 0 bridgehead atoms. The van der Waals surface area contributed by atoms with Gasteiger partial charge in [-0.3, -0.25) is 9.88 Å². The van der Waals surface area contributed by atoms with E-state index in [0.29, 0.717) is 23.8 Å². The minimum absolute atomic E-state index is 0.386. The first-order chi connectivity index (χ1) is 8.96. The molecule has 0 aromatic carbocycles. The number of halogens is 1. The van der Waals surface area contributed by atoms with Crippen molar-refractivity contribution in [3.05, 3.63) is 18.1 Å². The lowest BCUT2D eigenvalue weighted by Crippen LogP contribution is -2.36. The standard InChI is InChI=1S/C8H19N.C6H7ClN2O/c1-6-9(7(2)3)8(4)5;1-10-6-4-8-5(2-7)3-9-6/h7-8H,6H2,1-5H3;3-4H,2H2,1H3. The largest absolute Gasteiger partial charge is 0.480 e. The molecular formula is C14H26ClN3O. The first-order valence-corrected chi connectivity index (χ1v) is 7.16. The molecule has 1 aromatic heterocycles. The van der Waals surface area contributed by atoms with Crippen LogP contribution in [0, 0.1) is 0 Å². The first kappa shape index (κ1) is 18.1. The third kappa shape index (κ3) is 7.33. The Morgan fingerprint density at radius 1 is 1.16 bits per heavy atom. The van der Waals surface area contributed by atoms with Crippen LogP contribution in [0.2, 0.25) is 0 Å². The highest BCUT2D eigenvalue weighted by atomic mass is 35.5. The van der Waals surface area contributed by atoms with Gasteiger partial charge in [0, 0.05) is 12.1 Å². The zero-order chi connectivity index (χ0) is 14.8. The van der Waals surface area contributed by atoms with E-state index in [0.717, 1.165) is 12.2 Å². The van der Waals surface area contributed by atoms with E-state index in [9.17, 15) is 0 Å². The lowest BCUT2D eigenvalue weighted by Gasteiger charge is -2.28. The SMILES string of the molecule is CCN(C(C)C)C(C)C.COc1cnc(CCl)cn1. The number of rotatable bonds is 5. The fraction of sp³-hybridized carbons (Fsp3) is 0.714. The zero-order valence-corrected chi connectivity index (χ0v) is 13.6. The first-order valence-electron chi connectivity index (χ1n) is 6.62. The maximum absolute atomic E-state index is 5.48. The molecule has 0 saturated carbocycles. The van der Waals surface area contributed by atoms with Gasteiger partial charge >= 0.3 is 0 Å². The van der Waals surface area contributed by atoms with Gasteiger partial charge in [-0.25, -0.2) is 4.98 Å². The normalized spacial score (nSPS) is 10.6.